The van der Waals surface area contributed by atoms with Crippen molar-refractivity contribution in [1.82, 2.24) is 15.1 Å². The Bertz CT molecular complexity index is 343. The van der Waals surface area contributed by atoms with Crippen molar-refractivity contribution >= 4 is 29.9 Å². The average Bonchev–Trinajstić information content (AvgIpc) is 2.75. The third-order valence-corrected chi connectivity index (χ3v) is 4.64. The van der Waals surface area contributed by atoms with E-state index in [2.05, 4.69) is 40.9 Å². The Balaban J connectivity index is 0.00000220. The number of halogens is 1. The topological polar surface area (TPSA) is 30.9 Å². The fraction of sp³-hybridized carbons (Fsp3) is 0.938. The summed E-state index contributed by atoms with van der Waals surface area (Å²) in [4.78, 5) is 9.43. The number of hydrogen-bond donors (Lipinski definition) is 1. The molecule has 0 radical (unpaired) electrons. The van der Waals surface area contributed by atoms with Crippen LogP contribution in [0.5, 0.6) is 0 Å². The van der Waals surface area contributed by atoms with E-state index in [9.17, 15) is 0 Å². The summed E-state index contributed by atoms with van der Waals surface area (Å²) in [5.41, 5.74) is 0.430. The monoisotopic (exact) mass is 408 g/mol. The Morgan fingerprint density at radius 3 is 2.67 bits per heavy atom. The SMILES string of the molecule is CN=C(NCCN1CCCC(C)C1)N1CCC(C)(C)C1.I. The molecule has 0 saturated carbocycles. The molecule has 1 unspecified atom stereocenters. The summed E-state index contributed by atoms with van der Waals surface area (Å²) < 4.78 is 0. The minimum atomic E-state index is 0. The Labute approximate surface area is 147 Å². The molecule has 2 aliphatic heterocycles. The first-order chi connectivity index (χ1) is 9.50. The van der Waals surface area contributed by atoms with Gasteiger partial charge < -0.3 is 15.1 Å². The van der Waals surface area contributed by atoms with Crippen LogP contribution in [0.3, 0.4) is 0 Å². The zero-order chi connectivity index (χ0) is 14.6. The van der Waals surface area contributed by atoms with E-state index in [0.29, 0.717) is 5.41 Å². The summed E-state index contributed by atoms with van der Waals surface area (Å²) in [7, 11) is 1.90. The molecule has 21 heavy (non-hydrogen) atoms. The third kappa shape index (κ3) is 5.93. The zero-order valence-electron chi connectivity index (χ0n) is 14.2. The maximum absolute atomic E-state index is 4.45. The molecule has 2 saturated heterocycles. The molecular weight excluding hydrogens is 375 g/mol. The van der Waals surface area contributed by atoms with Gasteiger partial charge in [-0.1, -0.05) is 20.8 Å². The van der Waals surface area contributed by atoms with Gasteiger partial charge in [-0.15, -0.1) is 24.0 Å². The molecule has 5 heteroatoms. The third-order valence-electron chi connectivity index (χ3n) is 4.64. The summed E-state index contributed by atoms with van der Waals surface area (Å²) in [5, 5.41) is 3.55. The molecule has 2 rings (SSSR count). The number of piperidine rings is 1. The van der Waals surface area contributed by atoms with Gasteiger partial charge in [0.15, 0.2) is 5.96 Å². The van der Waals surface area contributed by atoms with Crippen LogP contribution in [0.25, 0.3) is 0 Å². The molecule has 0 spiro atoms. The van der Waals surface area contributed by atoms with Gasteiger partial charge in [0.25, 0.3) is 0 Å². The van der Waals surface area contributed by atoms with E-state index in [-0.39, 0.29) is 24.0 Å². The first kappa shape index (κ1) is 19.0. The molecule has 124 valence electrons. The van der Waals surface area contributed by atoms with Gasteiger partial charge in [-0.2, -0.15) is 0 Å². The minimum absolute atomic E-state index is 0. The molecule has 1 N–H and O–H groups in total. The van der Waals surface area contributed by atoms with Gasteiger partial charge in [0.1, 0.15) is 0 Å². The van der Waals surface area contributed by atoms with E-state index in [4.69, 9.17) is 0 Å². The number of likely N-dealkylation sites (tertiary alicyclic amines) is 2. The summed E-state index contributed by atoms with van der Waals surface area (Å²) >= 11 is 0. The highest BCUT2D eigenvalue weighted by Gasteiger charge is 2.30. The van der Waals surface area contributed by atoms with Crippen LogP contribution in [0.2, 0.25) is 0 Å². The van der Waals surface area contributed by atoms with Gasteiger partial charge in [-0.05, 0) is 37.1 Å². The van der Waals surface area contributed by atoms with Gasteiger partial charge in [0.2, 0.25) is 0 Å². The first-order valence-electron chi connectivity index (χ1n) is 8.18. The second kappa shape index (κ2) is 8.56. The molecule has 0 aromatic carbocycles. The van der Waals surface area contributed by atoms with Crippen molar-refractivity contribution in [3.05, 3.63) is 0 Å². The van der Waals surface area contributed by atoms with Crippen LogP contribution in [0.15, 0.2) is 4.99 Å². The lowest BCUT2D eigenvalue weighted by molar-refractivity contribution is 0.186. The molecular formula is C16H33IN4. The Hall–Kier alpha value is -0.0400. The number of nitrogens with zero attached hydrogens (tertiary/aromatic N) is 3. The Morgan fingerprint density at radius 2 is 2.10 bits per heavy atom. The number of aliphatic imine (C=N–C) groups is 1. The summed E-state index contributed by atoms with van der Waals surface area (Å²) in [5.74, 6) is 1.95. The summed E-state index contributed by atoms with van der Waals surface area (Å²) in [6.07, 6.45) is 4.02. The van der Waals surface area contributed by atoms with Crippen molar-refractivity contribution in [2.45, 2.75) is 40.0 Å². The van der Waals surface area contributed by atoms with Crippen LogP contribution in [-0.4, -0.2) is 62.1 Å². The molecule has 0 aromatic rings. The molecule has 1 atom stereocenters. The highest BCUT2D eigenvalue weighted by atomic mass is 127. The van der Waals surface area contributed by atoms with Crippen molar-refractivity contribution in [2.75, 3.05) is 46.3 Å². The predicted molar refractivity (Wildman–Crippen MR) is 102 cm³/mol. The first-order valence-corrected chi connectivity index (χ1v) is 8.18. The summed E-state index contributed by atoms with van der Waals surface area (Å²) in [6, 6.07) is 0. The van der Waals surface area contributed by atoms with Crippen LogP contribution in [-0.2, 0) is 0 Å². The van der Waals surface area contributed by atoms with Crippen LogP contribution >= 0.6 is 24.0 Å². The standard InChI is InChI=1S/C16H32N4.HI/c1-14-6-5-9-19(12-14)11-8-18-15(17-4)20-10-7-16(2,3)13-20;/h14H,5-13H2,1-4H3,(H,17,18);1H. The van der Waals surface area contributed by atoms with Crippen LogP contribution in [0.4, 0.5) is 0 Å². The fourth-order valence-corrected chi connectivity index (χ4v) is 3.44. The smallest absolute Gasteiger partial charge is 0.193 e. The van der Waals surface area contributed by atoms with Gasteiger partial charge in [-0.3, -0.25) is 4.99 Å². The number of hydrogen-bond acceptors (Lipinski definition) is 2. The maximum Gasteiger partial charge on any atom is 0.193 e. The van der Waals surface area contributed by atoms with Crippen molar-refractivity contribution in [3.63, 3.8) is 0 Å². The Kier molecular flexibility index (Phi) is 7.74. The highest BCUT2D eigenvalue weighted by molar-refractivity contribution is 14.0. The number of nitrogens with one attached hydrogen (secondary N) is 1. The van der Waals surface area contributed by atoms with E-state index >= 15 is 0 Å². The molecule has 4 nitrogen and oxygen atoms in total. The van der Waals surface area contributed by atoms with E-state index < -0.39 is 0 Å². The Morgan fingerprint density at radius 1 is 1.33 bits per heavy atom. The normalized spacial score (nSPS) is 26.6. The van der Waals surface area contributed by atoms with Gasteiger partial charge >= 0.3 is 0 Å². The van der Waals surface area contributed by atoms with E-state index in [1.165, 1.54) is 32.4 Å². The highest BCUT2D eigenvalue weighted by Crippen LogP contribution is 2.28. The molecule has 0 aromatic heterocycles. The van der Waals surface area contributed by atoms with Crippen molar-refractivity contribution in [3.8, 4) is 0 Å². The van der Waals surface area contributed by atoms with E-state index in [1.807, 2.05) is 7.05 Å². The van der Waals surface area contributed by atoms with Crippen molar-refractivity contribution in [1.29, 1.82) is 0 Å². The molecule has 0 amide bonds. The molecule has 0 aliphatic carbocycles. The lowest BCUT2D eigenvalue weighted by atomic mass is 9.93. The second-order valence-corrected chi connectivity index (χ2v) is 7.36. The van der Waals surface area contributed by atoms with Gasteiger partial charge in [0.05, 0.1) is 0 Å². The minimum Gasteiger partial charge on any atom is -0.355 e. The average molecular weight is 408 g/mol. The van der Waals surface area contributed by atoms with Crippen molar-refractivity contribution < 1.29 is 0 Å². The molecule has 2 aliphatic rings. The second-order valence-electron chi connectivity index (χ2n) is 7.36. The quantitative estimate of drug-likeness (QED) is 0.443. The largest absolute Gasteiger partial charge is 0.355 e. The predicted octanol–water partition coefficient (Wildman–Crippen LogP) is 2.64. The summed E-state index contributed by atoms with van der Waals surface area (Å²) in [6.45, 7) is 14.0. The number of guanidine groups is 1. The number of rotatable bonds is 3. The fourth-order valence-electron chi connectivity index (χ4n) is 3.44. The van der Waals surface area contributed by atoms with E-state index in [0.717, 1.165) is 38.1 Å². The lowest BCUT2D eigenvalue weighted by Gasteiger charge is -2.31. The molecule has 2 fully saturated rings. The van der Waals surface area contributed by atoms with Crippen LogP contribution in [0, 0.1) is 11.3 Å². The van der Waals surface area contributed by atoms with Crippen LogP contribution < -0.4 is 5.32 Å². The lowest BCUT2D eigenvalue weighted by Crippen LogP contribution is -2.45. The van der Waals surface area contributed by atoms with Crippen molar-refractivity contribution in [2.24, 2.45) is 16.3 Å². The van der Waals surface area contributed by atoms with E-state index in [1.54, 1.807) is 0 Å². The van der Waals surface area contributed by atoms with Crippen LogP contribution in [0.1, 0.15) is 40.0 Å². The zero-order valence-corrected chi connectivity index (χ0v) is 16.5. The molecule has 2 heterocycles. The van der Waals surface area contributed by atoms with Gasteiger partial charge in [-0.25, -0.2) is 0 Å². The maximum atomic E-state index is 4.45. The molecule has 0 bridgehead atoms. The van der Waals surface area contributed by atoms with Gasteiger partial charge in [0, 0.05) is 39.8 Å².